The van der Waals surface area contributed by atoms with E-state index in [9.17, 15) is 0 Å². The van der Waals surface area contributed by atoms with Crippen LogP contribution >= 0.6 is 0 Å². The van der Waals surface area contributed by atoms with Gasteiger partial charge in [-0.15, -0.1) is 10.2 Å². The summed E-state index contributed by atoms with van der Waals surface area (Å²) in [7, 11) is 0. The molecule has 104 valence electrons. The molecule has 0 radical (unpaired) electrons. The maximum absolute atomic E-state index is 5.43. The van der Waals surface area contributed by atoms with Gasteiger partial charge in [-0.1, -0.05) is 13.0 Å². The first-order valence-corrected chi connectivity index (χ1v) is 6.83. The smallest absolute Gasteiger partial charge is 0.236 e. The molecule has 2 aromatic heterocycles. The Morgan fingerprint density at radius 2 is 2.15 bits per heavy atom. The molecule has 5 heteroatoms. The van der Waals surface area contributed by atoms with Crippen molar-refractivity contribution in [2.75, 3.05) is 6.54 Å². The number of nitrogens with one attached hydrogen (secondary N) is 1. The van der Waals surface area contributed by atoms with Gasteiger partial charge in [0.15, 0.2) is 0 Å². The molecule has 0 aliphatic rings. The molecule has 2 heterocycles. The summed E-state index contributed by atoms with van der Waals surface area (Å²) in [6.45, 7) is 6.41. The predicted octanol–water partition coefficient (Wildman–Crippen LogP) is 2.49. The van der Waals surface area contributed by atoms with E-state index in [1.807, 2.05) is 0 Å². The van der Waals surface area contributed by atoms with Gasteiger partial charge >= 0.3 is 0 Å². The molecular formula is C15H18N4O. The highest BCUT2D eigenvalue weighted by Crippen LogP contribution is 2.19. The maximum atomic E-state index is 5.43. The lowest BCUT2D eigenvalue weighted by Crippen LogP contribution is -2.11. The highest BCUT2D eigenvalue weighted by atomic mass is 16.4. The zero-order valence-corrected chi connectivity index (χ0v) is 11.8. The van der Waals surface area contributed by atoms with Gasteiger partial charge < -0.3 is 14.3 Å². The third kappa shape index (κ3) is 2.58. The number of nitrogens with zero attached hydrogens (tertiary/aromatic N) is 3. The van der Waals surface area contributed by atoms with Crippen LogP contribution in [0.1, 0.15) is 24.3 Å². The van der Waals surface area contributed by atoms with E-state index in [0.717, 1.165) is 13.1 Å². The van der Waals surface area contributed by atoms with E-state index < -0.39 is 0 Å². The molecule has 0 aliphatic carbocycles. The molecule has 0 saturated heterocycles. The van der Waals surface area contributed by atoms with Gasteiger partial charge in [-0.2, -0.15) is 0 Å². The minimum Gasteiger partial charge on any atom is -0.424 e. The Balaban J connectivity index is 1.85. The minimum atomic E-state index is 0.601. The SMILES string of the molecule is CCNCc1ccc2c(ccn2Cc2nnc(C)o2)c1. The summed E-state index contributed by atoms with van der Waals surface area (Å²) in [5, 5.41) is 12.5. The third-order valence-electron chi connectivity index (χ3n) is 3.29. The highest BCUT2D eigenvalue weighted by molar-refractivity contribution is 5.80. The second kappa shape index (κ2) is 5.46. The van der Waals surface area contributed by atoms with Crippen LogP contribution in [-0.4, -0.2) is 21.3 Å². The largest absolute Gasteiger partial charge is 0.424 e. The first-order chi connectivity index (χ1) is 9.76. The average Bonchev–Trinajstić information content (AvgIpc) is 3.04. The van der Waals surface area contributed by atoms with Gasteiger partial charge in [-0.05, 0) is 35.7 Å². The molecule has 0 atom stereocenters. The zero-order valence-electron chi connectivity index (χ0n) is 11.8. The molecule has 0 unspecified atom stereocenters. The fourth-order valence-electron chi connectivity index (χ4n) is 2.31. The van der Waals surface area contributed by atoms with Crippen LogP contribution in [0.5, 0.6) is 0 Å². The standard InChI is InChI=1S/C15H18N4O/c1-3-16-9-12-4-5-14-13(8-12)6-7-19(14)10-15-18-17-11(2)20-15/h4-8,16H,3,9-10H2,1-2H3. The summed E-state index contributed by atoms with van der Waals surface area (Å²) in [6.07, 6.45) is 2.06. The van der Waals surface area contributed by atoms with Gasteiger partial charge in [0, 0.05) is 25.2 Å². The van der Waals surface area contributed by atoms with Gasteiger partial charge in [0.05, 0.1) is 0 Å². The van der Waals surface area contributed by atoms with Crippen molar-refractivity contribution in [3.05, 3.63) is 47.8 Å². The van der Waals surface area contributed by atoms with Crippen LogP contribution in [0.4, 0.5) is 0 Å². The first kappa shape index (κ1) is 12.9. The molecule has 3 aromatic rings. The van der Waals surface area contributed by atoms with Gasteiger partial charge in [0.25, 0.3) is 0 Å². The number of aromatic nitrogens is 3. The van der Waals surface area contributed by atoms with Crippen molar-refractivity contribution in [2.45, 2.75) is 26.9 Å². The fraction of sp³-hybridized carbons (Fsp3) is 0.333. The van der Waals surface area contributed by atoms with Crippen molar-refractivity contribution in [3.8, 4) is 0 Å². The van der Waals surface area contributed by atoms with Gasteiger partial charge in [-0.3, -0.25) is 0 Å². The lowest BCUT2D eigenvalue weighted by atomic mass is 10.1. The molecule has 0 aliphatic heterocycles. The van der Waals surface area contributed by atoms with E-state index in [0.29, 0.717) is 18.3 Å². The summed E-state index contributed by atoms with van der Waals surface area (Å²) < 4.78 is 7.55. The first-order valence-electron chi connectivity index (χ1n) is 6.83. The van der Waals surface area contributed by atoms with Crippen LogP contribution in [0.2, 0.25) is 0 Å². The Morgan fingerprint density at radius 3 is 2.90 bits per heavy atom. The van der Waals surface area contributed by atoms with E-state index >= 15 is 0 Å². The Hall–Kier alpha value is -2.14. The summed E-state index contributed by atoms with van der Waals surface area (Å²) in [6, 6.07) is 8.63. The molecule has 0 spiro atoms. The number of aryl methyl sites for hydroxylation is 1. The normalized spacial score (nSPS) is 11.3. The zero-order chi connectivity index (χ0) is 13.9. The fourth-order valence-corrected chi connectivity index (χ4v) is 2.31. The number of hydrogen-bond donors (Lipinski definition) is 1. The monoisotopic (exact) mass is 270 g/mol. The van der Waals surface area contributed by atoms with E-state index in [2.05, 4.69) is 57.5 Å². The molecule has 5 nitrogen and oxygen atoms in total. The highest BCUT2D eigenvalue weighted by Gasteiger charge is 2.07. The summed E-state index contributed by atoms with van der Waals surface area (Å²) >= 11 is 0. The average molecular weight is 270 g/mol. The van der Waals surface area contributed by atoms with Crippen LogP contribution in [0, 0.1) is 6.92 Å². The number of hydrogen-bond acceptors (Lipinski definition) is 4. The summed E-state index contributed by atoms with van der Waals surface area (Å²) in [5.41, 5.74) is 2.48. The Morgan fingerprint density at radius 1 is 1.25 bits per heavy atom. The molecule has 0 saturated carbocycles. The van der Waals surface area contributed by atoms with E-state index in [1.54, 1.807) is 6.92 Å². The van der Waals surface area contributed by atoms with Crippen LogP contribution in [-0.2, 0) is 13.1 Å². The van der Waals surface area contributed by atoms with Crippen molar-refractivity contribution >= 4 is 10.9 Å². The van der Waals surface area contributed by atoms with Crippen LogP contribution in [0.15, 0.2) is 34.9 Å². The van der Waals surface area contributed by atoms with Crippen LogP contribution < -0.4 is 5.32 Å². The predicted molar refractivity (Wildman–Crippen MR) is 77.5 cm³/mol. The van der Waals surface area contributed by atoms with Crippen molar-refractivity contribution in [1.82, 2.24) is 20.1 Å². The van der Waals surface area contributed by atoms with Gasteiger partial charge in [-0.25, -0.2) is 0 Å². The number of fused-ring (bicyclic) bond motifs is 1. The molecule has 0 amide bonds. The minimum absolute atomic E-state index is 0.601. The van der Waals surface area contributed by atoms with E-state index in [-0.39, 0.29) is 0 Å². The Labute approximate surface area is 117 Å². The molecule has 1 aromatic carbocycles. The van der Waals surface area contributed by atoms with Crippen molar-refractivity contribution < 1.29 is 4.42 Å². The molecule has 1 N–H and O–H groups in total. The second-order valence-corrected chi connectivity index (χ2v) is 4.83. The molecular weight excluding hydrogens is 252 g/mol. The Kier molecular flexibility index (Phi) is 3.52. The quantitative estimate of drug-likeness (QED) is 0.774. The van der Waals surface area contributed by atoms with Gasteiger partial charge in [0.1, 0.15) is 6.54 Å². The molecule has 20 heavy (non-hydrogen) atoms. The molecule has 3 rings (SSSR count). The van der Waals surface area contributed by atoms with Gasteiger partial charge in [0.2, 0.25) is 11.8 Å². The third-order valence-corrected chi connectivity index (χ3v) is 3.29. The van der Waals surface area contributed by atoms with Crippen molar-refractivity contribution in [1.29, 1.82) is 0 Å². The lowest BCUT2D eigenvalue weighted by molar-refractivity contribution is 0.457. The van der Waals surface area contributed by atoms with Crippen molar-refractivity contribution in [2.24, 2.45) is 0 Å². The lowest BCUT2D eigenvalue weighted by Gasteiger charge is -2.04. The number of benzene rings is 1. The Bertz CT molecular complexity index is 714. The summed E-state index contributed by atoms with van der Waals surface area (Å²) in [5.74, 6) is 1.24. The topological polar surface area (TPSA) is 55.9 Å². The van der Waals surface area contributed by atoms with Crippen LogP contribution in [0.3, 0.4) is 0 Å². The number of rotatable bonds is 5. The second-order valence-electron chi connectivity index (χ2n) is 4.83. The maximum Gasteiger partial charge on any atom is 0.236 e. The van der Waals surface area contributed by atoms with E-state index in [4.69, 9.17) is 4.42 Å². The van der Waals surface area contributed by atoms with Crippen molar-refractivity contribution in [3.63, 3.8) is 0 Å². The molecule has 0 fully saturated rings. The summed E-state index contributed by atoms with van der Waals surface area (Å²) in [4.78, 5) is 0. The molecule has 0 bridgehead atoms. The van der Waals surface area contributed by atoms with E-state index in [1.165, 1.54) is 16.5 Å². The van der Waals surface area contributed by atoms with Crippen LogP contribution in [0.25, 0.3) is 10.9 Å².